The maximum Gasteiger partial charge on any atom is 0.408 e. The molecule has 1 aromatic rings. The van der Waals surface area contributed by atoms with E-state index < -0.39 is 18.2 Å². The summed E-state index contributed by atoms with van der Waals surface area (Å²) in [5.74, 6) is -0.312. The van der Waals surface area contributed by atoms with Crippen LogP contribution in [0, 0.1) is 0 Å². The van der Waals surface area contributed by atoms with Crippen LogP contribution in [0.1, 0.15) is 25.3 Å². The molecule has 0 aromatic heterocycles. The van der Waals surface area contributed by atoms with E-state index in [1.54, 1.807) is 6.92 Å². The van der Waals surface area contributed by atoms with Crippen LogP contribution < -0.4 is 0 Å². The summed E-state index contributed by atoms with van der Waals surface area (Å²) in [6, 6.07) is 7.88. The van der Waals surface area contributed by atoms with Crippen LogP contribution in [-0.2, 0) is 16.1 Å². The number of carbonyl (C=O) groups excluding carboxylic acids is 2. The third kappa shape index (κ3) is 3.44. The fourth-order valence-corrected chi connectivity index (χ4v) is 2.73. The first kappa shape index (κ1) is 16.0. The highest BCUT2D eigenvalue weighted by molar-refractivity contribution is 5.87. The number of nitrogens with zero attached hydrogens (tertiary/aromatic N) is 2. The molecule has 0 saturated carbocycles. The van der Waals surface area contributed by atoms with Gasteiger partial charge in [-0.25, -0.2) is 4.79 Å². The second kappa shape index (κ2) is 7.06. The fraction of sp³-hybridized carbons (Fsp3) is 0.438. The van der Waals surface area contributed by atoms with Crippen LogP contribution in [0.15, 0.2) is 30.3 Å². The predicted octanol–water partition coefficient (Wildman–Crippen LogP) is 1.74. The minimum atomic E-state index is -1.15. The van der Waals surface area contributed by atoms with E-state index in [1.165, 1.54) is 4.90 Å². The first-order valence-electron chi connectivity index (χ1n) is 7.34. The maximum absolute atomic E-state index is 12.5. The third-order valence-electron chi connectivity index (χ3n) is 4.01. The van der Waals surface area contributed by atoms with Crippen LogP contribution in [0.5, 0.6) is 0 Å². The molecule has 2 unspecified atom stereocenters. The average Bonchev–Trinajstić information content (AvgIpc) is 3.00. The number of benzene rings is 1. The van der Waals surface area contributed by atoms with E-state index in [0.717, 1.165) is 23.2 Å². The van der Waals surface area contributed by atoms with Crippen LogP contribution in [0.2, 0.25) is 0 Å². The van der Waals surface area contributed by atoms with Gasteiger partial charge in [-0.1, -0.05) is 30.3 Å². The van der Waals surface area contributed by atoms with Crippen molar-refractivity contribution < 1.29 is 19.5 Å². The van der Waals surface area contributed by atoms with Crippen LogP contribution in [0.3, 0.4) is 0 Å². The van der Waals surface area contributed by atoms with Crippen molar-refractivity contribution >= 4 is 18.3 Å². The average molecular weight is 304 g/mol. The molecule has 2 amide bonds. The summed E-state index contributed by atoms with van der Waals surface area (Å²) in [6.45, 7) is 2.22. The Hall–Kier alpha value is -2.37. The summed E-state index contributed by atoms with van der Waals surface area (Å²) in [6.07, 6.45) is 1.04. The predicted molar refractivity (Wildman–Crippen MR) is 80.3 cm³/mol. The summed E-state index contributed by atoms with van der Waals surface area (Å²) in [5, 5.41) is 9.41. The van der Waals surface area contributed by atoms with E-state index in [1.807, 2.05) is 30.3 Å². The number of hydrogen-bond donors (Lipinski definition) is 1. The number of likely N-dealkylation sites (tertiary alicyclic amines) is 1. The van der Waals surface area contributed by atoms with E-state index in [9.17, 15) is 19.5 Å². The van der Waals surface area contributed by atoms with Gasteiger partial charge in [-0.2, -0.15) is 0 Å². The zero-order valence-electron chi connectivity index (χ0n) is 12.5. The first-order chi connectivity index (χ1) is 10.5. The van der Waals surface area contributed by atoms with Gasteiger partial charge in [0.2, 0.25) is 5.91 Å². The number of amides is 2. The van der Waals surface area contributed by atoms with Gasteiger partial charge in [0.25, 0.3) is 0 Å². The van der Waals surface area contributed by atoms with Crippen molar-refractivity contribution in [1.82, 2.24) is 9.80 Å². The molecular weight excluding hydrogens is 284 g/mol. The van der Waals surface area contributed by atoms with Crippen molar-refractivity contribution in [1.29, 1.82) is 0 Å². The smallest absolute Gasteiger partial charge is 0.408 e. The SMILES string of the molecule is CC(C(=O)N1CCCC1C=O)N(Cc1ccccc1)C(=O)O. The number of carboxylic acid groups (broad SMARTS) is 1. The maximum atomic E-state index is 12.5. The summed E-state index contributed by atoms with van der Waals surface area (Å²) in [5.41, 5.74) is 0.818. The Morgan fingerprint density at radius 3 is 2.68 bits per heavy atom. The molecule has 6 nitrogen and oxygen atoms in total. The quantitative estimate of drug-likeness (QED) is 0.841. The molecule has 118 valence electrons. The Morgan fingerprint density at radius 1 is 1.41 bits per heavy atom. The molecule has 0 aliphatic carbocycles. The second-order valence-electron chi connectivity index (χ2n) is 5.45. The number of aldehydes is 1. The molecule has 2 rings (SSSR count). The van der Waals surface area contributed by atoms with Crippen molar-refractivity contribution in [3.8, 4) is 0 Å². The topological polar surface area (TPSA) is 77.9 Å². The van der Waals surface area contributed by atoms with Gasteiger partial charge in [-0.15, -0.1) is 0 Å². The lowest BCUT2D eigenvalue weighted by Gasteiger charge is -2.30. The lowest BCUT2D eigenvalue weighted by molar-refractivity contribution is -0.138. The van der Waals surface area contributed by atoms with Crippen LogP contribution in [-0.4, -0.2) is 51.8 Å². The van der Waals surface area contributed by atoms with Gasteiger partial charge in [-0.05, 0) is 25.3 Å². The van der Waals surface area contributed by atoms with Gasteiger partial charge in [0, 0.05) is 13.1 Å². The van der Waals surface area contributed by atoms with E-state index >= 15 is 0 Å². The highest BCUT2D eigenvalue weighted by Gasteiger charge is 2.35. The van der Waals surface area contributed by atoms with E-state index in [0.29, 0.717) is 13.0 Å². The van der Waals surface area contributed by atoms with Gasteiger partial charge in [0.15, 0.2) is 0 Å². The molecule has 0 bridgehead atoms. The monoisotopic (exact) mass is 304 g/mol. The summed E-state index contributed by atoms with van der Waals surface area (Å²) in [7, 11) is 0. The molecule has 1 aliphatic rings. The minimum Gasteiger partial charge on any atom is -0.465 e. The van der Waals surface area contributed by atoms with Crippen molar-refractivity contribution in [2.45, 2.75) is 38.4 Å². The van der Waals surface area contributed by atoms with Crippen LogP contribution >= 0.6 is 0 Å². The van der Waals surface area contributed by atoms with Gasteiger partial charge in [0.05, 0.1) is 6.04 Å². The Bertz CT molecular complexity index is 546. The molecule has 2 atom stereocenters. The summed E-state index contributed by atoms with van der Waals surface area (Å²) >= 11 is 0. The molecule has 1 heterocycles. The van der Waals surface area contributed by atoms with Gasteiger partial charge in [0.1, 0.15) is 12.3 Å². The van der Waals surface area contributed by atoms with Crippen molar-refractivity contribution in [2.24, 2.45) is 0 Å². The molecule has 6 heteroatoms. The normalized spacial score (nSPS) is 18.8. The highest BCUT2D eigenvalue weighted by atomic mass is 16.4. The largest absolute Gasteiger partial charge is 0.465 e. The minimum absolute atomic E-state index is 0.142. The zero-order chi connectivity index (χ0) is 16.1. The molecule has 1 aromatic carbocycles. The first-order valence-corrected chi connectivity index (χ1v) is 7.34. The number of rotatable bonds is 5. The van der Waals surface area contributed by atoms with Crippen molar-refractivity contribution in [3.05, 3.63) is 35.9 Å². The Balaban J connectivity index is 2.12. The molecule has 1 fully saturated rings. The molecule has 0 radical (unpaired) electrons. The summed E-state index contributed by atoms with van der Waals surface area (Å²) < 4.78 is 0. The third-order valence-corrected chi connectivity index (χ3v) is 4.01. The van der Waals surface area contributed by atoms with E-state index in [4.69, 9.17) is 0 Å². The summed E-state index contributed by atoms with van der Waals surface area (Å²) in [4.78, 5) is 37.6. The number of hydrogen-bond acceptors (Lipinski definition) is 3. The van der Waals surface area contributed by atoms with E-state index in [2.05, 4.69) is 0 Å². The zero-order valence-corrected chi connectivity index (χ0v) is 12.5. The van der Waals surface area contributed by atoms with Crippen molar-refractivity contribution in [2.75, 3.05) is 6.54 Å². The van der Waals surface area contributed by atoms with Crippen LogP contribution in [0.4, 0.5) is 4.79 Å². The lowest BCUT2D eigenvalue weighted by atomic mass is 10.1. The van der Waals surface area contributed by atoms with Gasteiger partial charge in [-0.3, -0.25) is 9.69 Å². The molecular formula is C16H20N2O4. The van der Waals surface area contributed by atoms with Crippen LogP contribution in [0.25, 0.3) is 0 Å². The fourth-order valence-electron chi connectivity index (χ4n) is 2.73. The second-order valence-corrected chi connectivity index (χ2v) is 5.45. The van der Waals surface area contributed by atoms with Gasteiger partial charge < -0.3 is 14.8 Å². The molecule has 1 aliphatic heterocycles. The Labute approximate surface area is 129 Å². The van der Waals surface area contributed by atoms with Crippen molar-refractivity contribution in [3.63, 3.8) is 0 Å². The Kier molecular flexibility index (Phi) is 5.14. The molecule has 1 saturated heterocycles. The molecule has 22 heavy (non-hydrogen) atoms. The van der Waals surface area contributed by atoms with E-state index in [-0.39, 0.29) is 12.5 Å². The molecule has 1 N–H and O–H groups in total. The van der Waals surface area contributed by atoms with Gasteiger partial charge >= 0.3 is 6.09 Å². The number of carbonyl (C=O) groups is 3. The Morgan fingerprint density at radius 2 is 2.09 bits per heavy atom. The highest BCUT2D eigenvalue weighted by Crippen LogP contribution is 2.19. The lowest BCUT2D eigenvalue weighted by Crippen LogP contribution is -2.50. The molecule has 0 spiro atoms. The standard InChI is InChI=1S/C16H20N2O4/c1-12(15(20)17-9-5-8-14(17)11-19)18(16(21)22)10-13-6-3-2-4-7-13/h2-4,6-7,11-12,14H,5,8-10H2,1H3,(H,21,22).